The first-order valence-corrected chi connectivity index (χ1v) is 4.98. The molecule has 0 heterocycles. The molecule has 1 rings (SSSR count). The van der Waals surface area contributed by atoms with Crippen molar-refractivity contribution in [3.05, 3.63) is 41.5 Å². The lowest BCUT2D eigenvalue weighted by Crippen LogP contribution is -1.84. The van der Waals surface area contributed by atoms with Gasteiger partial charge in [-0.05, 0) is 37.6 Å². The van der Waals surface area contributed by atoms with Gasteiger partial charge in [-0.3, -0.25) is 4.99 Å². The highest BCUT2D eigenvalue weighted by Crippen LogP contribution is 2.11. The van der Waals surface area contributed by atoms with Crippen LogP contribution in [0.3, 0.4) is 0 Å². The minimum Gasteiger partial charge on any atom is -0.497 e. The fourth-order valence-electron chi connectivity index (χ4n) is 1.09. The Morgan fingerprint density at radius 3 is 2.47 bits per heavy atom. The zero-order valence-electron chi connectivity index (χ0n) is 9.53. The molecule has 2 nitrogen and oxygen atoms in total. The van der Waals surface area contributed by atoms with Crippen molar-refractivity contribution in [1.29, 1.82) is 0 Å². The summed E-state index contributed by atoms with van der Waals surface area (Å²) in [6.45, 7) is 4.83. The maximum atomic E-state index is 5.08. The number of hydrogen-bond donors (Lipinski definition) is 0. The topological polar surface area (TPSA) is 21.6 Å². The van der Waals surface area contributed by atoms with Crippen LogP contribution in [0.4, 0.5) is 0 Å². The van der Waals surface area contributed by atoms with E-state index in [1.165, 1.54) is 11.1 Å². The van der Waals surface area contributed by atoms with Crippen LogP contribution in [0.15, 0.2) is 40.9 Å². The number of rotatable bonds is 4. The smallest absolute Gasteiger partial charge is 0.118 e. The summed E-state index contributed by atoms with van der Waals surface area (Å²) < 4.78 is 5.08. The number of hydrogen-bond acceptors (Lipinski definition) is 2. The number of methoxy groups -OCH3 is 1. The largest absolute Gasteiger partial charge is 0.497 e. The molecular weight excluding hydrogens is 186 g/mol. The van der Waals surface area contributed by atoms with Crippen LogP contribution in [-0.4, -0.2) is 13.3 Å². The third kappa shape index (κ3) is 4.45. The van der Waals surface area contributed by atoms with Crippen molar-refractivity contribution < 1.29 is 4.74 Å². The van der Waals surface area contributed by atoms with E-state index in [1.807, 2.05) is 36.6 Å². The molecule has 0 aliphatic rings. The Labute approximate surface area is 91.3 Å². The molecule has 0 amide bonds. The van der Waals surface area contributed by atoms with E-state index in [-0.39, 0.29) is 0 Å². The molecule has 0 N–H and O–H groups in total. The Bertz CT molecular complexity index is 345. The molecule has 0 aliphatic heterocycles. The van der Waals surface area contributed by atoms with Gasteiger partial charge in [0.25, 0.3) is 0 Å². The minimum atomic E-state index is 0.716. The van der Waals surface area contributed by atoms with Gasteiger partial charge in [0.2, 0.25) is 0 Å². The number of nitrogens with zero attached hydrogens (tertiary/aromatic N) is 1. The van der Waals surface area contributed by atoms with Crippen molar-refractivity contribution >= 4 is 6.21 Å². The maximum absolute atomic E-state index is 5.08. The van der Waals surface area contributed by atoms with Gasteiger partial charge >= 0.3 is 0 Å². The van der Waals surface area contributed by atoms with Crippen molar-refractivity contribution in [2.45, 2.75) is 20.4 Å². The van der Waals surface area contributed by atoms with E-state index >= 15 is 0 Å². The molecule has 0 spiro atoms. The van der Waals surface area contributed by atoms with Crippen LogP contribution in [-0.2, 0) is 6.54 Å². The molecule has 0 saturated carbocycles. The van der Waals surface area contributed by atoms with Gasteiger partial charge in [-0.15, -0.1) is 0 Å². The fraction of sp³-hybridized carbons (Fsp3) is 0.308. The molecule has 0 aromatic heterocycles. The predicted octanol–water partition coefficient (Wildman–Crippen LogP) is 3.23. The maximum Gasteiger partial charge on any atom is 0.118 e. The normalized spacial score (nSPS) is 10.3. The van der Waals surface area contributed by atoms with E-state index in [2.05, 4.69) is 18.8 Å². The van der Waals surface area contributed by atoms with Crippen LogP contribution in [0, 0.1) is 0 Å². The van der Waals surface area contributed by atoms with Crippen LogP contribution in [0.5, 0.6) is 5.75 Å². The zero-order chi connectivity index (χ0) is 11.1. The Balaban J connectivity index is 2.51. The zero-order valence-corrected chi connectivity index (χ0v) is 9.53. The van der Waals surface area contributed by atoms with Gasteiger partial charge in [0.05, 0.1) is 13.7 Å². The quantitative estimate of drug-likeness (QED) is 0.688. The summed E-state index contributed by atoms with van der Waals surface area (Å²) in [7, 11) is 1.67. The highest BCUT2D eigenvalue weighted by atomic mass is 16.5. The standard InChI is InChI=1S/C13H17NO/c1-11(2)8-9-14-10-12-4-6-13(15-3)7-5-12/h4-9H,10H2,1-3H3. The van der Waals surface area contributed by atoms with E-state index in [4.69, 9.17) is 4.74 Å². The van der Waals surface area contributed by atoms with E-state index in [0.717, 1.165) is 5.75 Å². The third-order valence-electron chi connectivity index (χ3n) is 1.95. The second kappa shape index (κ2) is 6.02. The predicted molar refractivity (Wildman–Crippen MR) is 64.6 cm³/mol. The van der Waals surface area contributed by atoms with Gasteiger partial charge in [-0.25, -0.2) is 0 Å². The molecule has 0 saturated heterocycles. The van der Waals surface area contributed by atoms with Crippen molar-refractivity contribution in [3.8, 4) is 5.75 Å². The van der Waals surface area contributed by atoms with Gasteiger partial charge in [-0.2, -0.15) is 0 Å². The molecule has 0 fully saturated rings. The monoisotopic (exact) mass is 203 g/mol. The molecule has 0 atom stereocenters. The number of allylic oxidation sites excluding steroid dienone is 2. The first-order chi connectivity index (χ1) is 7.22. The third-order valence-corrected chi connectivity index (χ3v) is 1.95. The summed E-state index contributed by atoms with van der Waals surface area (Å²) in [5.74, 6) is 0.882. The summed E-state index contributed by atoms with van der Waals surface area (Å²) in [5.41, 5.74) is 2.45. The summed E-state index contributed by atoms with van der Waals surface area (Å²) in [4.78, 5) is 4.30. The Kier molecular flexibility index (Phi) is 4.61. The van der Waals surface area contributed by atoms with Gasteiger partial charge in [-0.1, -0.05) is 17.7 Å². The molecule has 1 aromatic rings. The van der Waals surface area contributed by atoms with E-state index in [0.29, 0.717) is 6.54 Å². The highest BCUT2D eigenvalue weighted by Gasteiger charge is 1.91. The van der Waals surface area contributed by atoms with Gasteiger partial charge in [0.1, 0.15) is 5.75 Å². The van der Waals surface area contributed by atoms with Crippen molar-refractivity contribution in [2.75, 3.05) is 7.11 Å². The van der Waals surface area contributed by atoms with Crippen molar-refractivity contribution in [3.63, 3.8) is 0 Å². The Morgan fingerprint density at radius 1 is 1.27 bits per heavy atom. The Hall–Kier alpha value is -1.57. The van der Waals surface area contributed by atoms with Crippen LogP contribution in [0.25, 0.3) is 0 Å². The van der Waals surface area contributed by atoms with Crippen molar-refractivity contribution in [1.82, 2.24) is 0 Å². The molecule has 0 unspecified atom stereocenters. The molecule has 15 heavy (non-hydrogen) atoms. The lowest BCUT2D eigenvalue weighted by atomic mass is 10.2. The molecule has 1 aromatic carbocycles. The molecule has 0 radical (unpaired) electrons. The number of ether oxygens (including phenoxy) is 1. The summed E-state index contributed by atoms with van der Waals surface area (Å²) >= 11 is 0. The molecule has 80 valence electrons. The van der Waals surface area contributed by atoms with Gasteiger partial charge < -0.3 is 4.74 Å². The molecular formula is C13H17NO. The minimum absolute atomic E-state index is 0.716. The van der Waals surface area contributed by atoms with E-state index < -0.39 is 0 Å². The SMILES string of the molecule is COc1ccc(CN=CC=C(C)C)cc1. The lowest BCUT2D eigenvalue weighted by Gasteiger charge is -2.00. The van der Waals surface area contributed by atoms with E-state index in [9.17, 15) is 0 Å². The highest BCUT2D eigenvalue weighted by molar-refractivity contribution is 5.71. The number of aliphatic imine (C=N–C) groups is 1. The summed E-state index contributed by atoms with van der Waals surface area (Å²) in [6, 6.07) is 7.95. The van der Waals surface area contributed by atoms with Crippen LogP contribution in [0.1, 0.15) is 19.4 Å². The van der Waals surface area contributed by atoms with Gasteiger partial charge in [0, 0.05) is 6.21 Å². The second-order valence-electron chi connectivity index (χ2n) is 3.58. The average molecular weight is 203 g/mol. The second-order valence-corrected chi connectivity index (χ2v) is 3.58. The first kappa shape index (κ1) is 11.5. The summed E-state index contributed by atoms with van der Waals surface area (Å²) in [6.07, 6.45) is 3.85. The average Bonchev–Trinajstić information content (AvgIpc) is 2.25. The van der Waals surface area contributed by atoms with Gasteiger partial charge in [0.15, 0.2) is 0 Å². The number of benzene rings is 1. The molecule has 0 aliphatic carbocycles. The van der Waals surface area contributed by atoms with Crippen LogP contribution < -0.4 is 4.74 Å². The first-order valence-electron chi connectivity index (χ1n) is 4.98. The van der Waals surface area contributed by atoms with Crippen molar-refractivity contribution in [2.24, 2.45) is 4.99 Å². The van der Waals surface area contributed by atoms with E-state index in [1.54, 1.807) is 7.11 Å². The fourth-order valence-corrected chi connectivity index (χ4v) is 1.09. The Morgan fingerprint density at radius 2 is 1.93 bits per heavy atom. The molecule has 2 heteroatoms. The summed E-state index contributed by atoms with van der Waals surface area (Å²) in [5, 5.41) is 0. The molecule has 0 bridgehead atoms. The van der Waals surface area contributed by atoms with Crippen LogP contribution in [0.2, 0.25) is 0 Å². The van der Waals surface area contributed by atoms with Crippen LogP contribution >= 0.6 is 0 Å². The lowest BCUT2D eigenvalue weighted by molar-refractivity contribution is 0.414.